The molecule has 0 amide bonds. The fourth-order valence-electron chi connectivity index (χ4n) is 1.91. The summed E-state index contributed by atoms with van der Waals surface area (Å²) in [4.78, 5) is 12.8. The number of benzene rings is 1. The predicted molar refractivity (Wildman–Crippen MR) is 90.3 cm³/mol. The molecule has 1 aromatic carbocycles. The molecule has 0 spiro atoms. The number of rotatable bonds is 3. The van der Waals surface area contributed by atoms with Gasteiger partial charge in [0.1, 0.15) is 16.7 Å². The van der Waals surface area contributed by atoms with Crippen LogP contribution in [0.2, 0.25) is 5.15 Å². The Morgan fingerprint density at radius 1 is 1.14 bits per heavy atom. The van der Waals surface area contributed by atoms with Gasteiger partial charge < -0.3 is 11.5 Å². The number of nitrogens with one attached hydrogen (secondary N) is 1. The fraction of sp³-hybridized carbons (Fsp3) is 0. The van der Waals surface area contributed by atoms with Crippen molar-refractivity contribution in [2.75, 3.05) is 0 Å². The van der Waals surface area contributed by atoms with Crippen LogP contribution in [0.4, 0.5) is 5.13 Å². The SMILES string of the molecule is N=C(N)c1ccc(Cl)nc1/C(N)=N/c1nc2ccccc2s1. The van der Waals surface area contributed by atoms with E-state index in [0.29, 0.717) is 10.7 Å². The second-order valence-electron chi connectivity index (χ2n) is 4.41. The molecule has 0 aliphatic heterocycles. The highest BCUT2D eigenvalue weighted by Crippen LogP contribution is 2.28. The maximum atomic E-state index is 7.58. The van der Waals surface area contributed by atoms with Gasteiger partial charge in [-0.2, -0.15) is 4.99 Å². The fourth-order valence-corrected chi connectivity index (χ4v) is 2.91. The third kappa shape index (κ3) is 2.76. The van der Waals surface area contributed by atoms with Gasteiger partial charge in [-0.25, -0.2) is 9.97 Å². The molecule has 0 atom stereocenters. The van der Waals surface area contributed by atoms with Crippen LogP contribution in [0.5, 0.6) is 0 Å². The molecule has 0 bridgehead atoms. The van der Waals surface area contributed by atoms with Gasteiger partial charge in [0, 0.05) is 5.56 Å². The van der Waals surface area contributed by atoms with Crippen LogP contribution in [0.1, 0.15) is 11.3 Å². The first kappa shape index (κ1) is 14.4. The Morgan fingerprint density at radius 3 is 2.64 bits per heavy atom. The van der Waals surface area contributed by atoms with Crippen LogP contribution in [0, 0.1) is 5.41 Å². The summed E-state index contributed by atoms with van der Waals surface area (Å²) in [6.45, 7) is 0. The first-order valence-corrected chi connectivity index (χ1v) is 7.45. The van der Waals surface area contributed by atoms with E-state index in [9.17, 15) is 0 Å². The third-order valence-electron chi connectivity index (χ3n) is 2.89. The quantitative estimate of drug-likeness (QED) is 0.389. The van der Waals surface area contributed by atoms with Gasteiger partial charge in [-0.15, -0.1) is 0 Å². The minimum atomic E-state index is -0.151. The smallest absolute Gasteiger partial charge is 0.212 e. The first-order chi connectivity index (χ1) is 10.5. The molecular formula is C14H11ClN6S. The van der Waals surface area contributed by atoms with Crippen molar-refractivity contribution in [1.82, 2.24) is 9.97 Å². The molecule has 0 saturated heterocycles. The summed E-state index contributed by atoms with van der Waals surface area (Å²) in [5, 5.41) is 8.34. The van der Waals surface area contributed by atoms with Crippen molar-refractivity contribution >= 4 is 50.0 Å². The standard InChI is InChI=1S/C14H11ClN6S/c15-10-6-5-7(12(16)17)11(20-10)13(18)21-14-19-8-3-1-2-4-9(8)22-14/h1-6H,(H3,16,17)(H2,18,19,21). The molecule has 22 heavy (non-hydrogen) atoms. The van der Waals surface area contributed by atoms with Gasteiger partial charge in [0.2, 0.25) is 5.13 Å². The van der Waals surface area contributed by atoms with Gasteiger partial charge in [-0.3, -0.25) is 5.41 Å². The van der Waals surface area contributed by atoms with Crippen LogP contribution in [-0.2, 0) is 0 Å². The molecule has 6 nitrogen and oxygen atoms in total. The molecule has 110 valence electrons. The molecule has 0 unspecified atom stereocenters. The lowest BCUT2D eigenvalue weighted by molar-refractivity contribution is 1.24. The summed E-state index contributed by atoms with van der Waals surface area (Å²) < 4.78 is 1.01. The van der Waals surface area contributed by atoms with E-state index in [1.165, 1.54) is 11.3 Å². The average Bonchev–Trinajstić information content (AvgIpc) is 2.88. The number of nitrogens with two attached hydrogens (primary N) is 2. The molecule has 0 radical (unpaired) electrons. The Kier molecular flexibility index (Phi) is 3.74. The Hall–Kier alpha value is -2.51. The zero-order chi connectivity index (χ0) is 15.7. The Bertz CT molecular complexity index is 868. The molecule has 0 fully saturated rings. The van der Waals surface area contributed by atoms with Crippen LogP contribution in [0.15, 0.2) is 41.4 Å². The van der Waals surface area contributed by atoms with Gasteiger partial charge in [0.25, 0.3) is 0 Å². The van der Waals surface area contributed by atoms with Crippen molar-refractivity contribution < 1.29 is 0 Å². The van der Waals surface area contributed by atoms with Crippen molar-refractivity contribution in [3.63, 3.8) is 0 Å². The number of thiazole rings is 1. The van der Waals surface area contributed by atoms with Crippen molar-refractivity contribution in [3.05, 3.63) is 52.8 Å². The van der Waals surface area contributed by atoms with E-state index < -0.39 is 0 Å². The van der Waals surface area contributed by atoms with Crippen LogP contribution in [-0.4, -0.2) is 21.6 Å². The number of pyridine rings is 1. The molecule has 3 rings (SSSR count). The molecule has 0 aliphatic rings. The number of aromatic nitrogens is 2. The number of hydrogen-bond acceptors (Lipinski definition) is 5. The number of halogens is 1. The summed E-state index contributed by atoms with van der Waals surface area (Å²) in [6, 6.07) is 10.8. The number of hydrogen-bond donors (Lipinski definition) is 3. The third-order valence-corrected chi connectivity index (χ3v) is 4.03. The number of para-hydroxylation sites is 1. The van der Waals surface area contributed by atoms with E-state index in [-0.39, 0.29) is 22.5 Å². The Labute approximate surface area is 135 Å². The molecule has 5 N–H and O–H groups in total. The van der Waals surface area contributed by atoms with Crippen LogP contribution < -0.4 is 11.5 Å². The zero-order valence-electron chi connectivity index (χ0n) is 11.2. The van der Waals surface area contributed by atoms with E-state index in [4.69, 9.17) is 28.5 Å². The molecule has 2 aromatic heterocycles. The highest BCUT2D eigenvalue weighted by Gasteiger charge is 2.13. The lowest BCUT2D eigenvalue weighted by Gasteiger charge is -2.06. The average molecular weight is 331 g/mol. The molecular weight excluding hydrogens is 320 g/mol. The summed E-state index contributed by atoms with van der Waals surface area (Å²) in [5.41, 5.74) is 13.0. The summed E-state index contributed by atoms with van der Waals surface area (Å²) >= 11 is 7.30. The highest BCUT2D eigenvalue weighted by molar-refractivity contribution is 7.22. The van der Waals surface area contributed by atoms with Gasteiger partial charge in [0.05, 0.1) is 10.2 Å². The first-order valence-electron chi connectivity index (χ1n) is 6.25. The number of aliphatic imine (C=N–C) groups is 1. The van der Waals surface area contributed by atoms with Crippen LogP contribution >= 0.6 is 22.9 Å². The number of fused-ring (bicyclic) bond motifs is 1. The van der Waals surface area contributed by atoms with Gasteiger partial charge in [-0.1, -0.05) is 35.1 Å². The van der Waals surface area contributed by atoms with Crippen molar-refractivity contribution in [2.24, 2.45) is 16.5 Å². The van der Waals surface area contributed by atoms with Gasteiger partial charge in [0.15, 0.2) is 5.84 Å². The summed E-state index contributed by atoms with van der Waals surface area (Å²) in [5.74, 6) is -0.0339. The van der Waals surface area contributed by atoms with E-state index in [1.807, 2.05) is 24.3 Å². The van der Waals surface area contributed by atoms with Crippen molar-refractivity contribution in [3.8, 4) is 0 Å². The molecule has 0 aliphatic carbocycles. The molecule has 0 saturated carbocycles. The van der Waals surface area contributed by atoms with Crippen molar-refractivity contribution in [2.45, 2.75) is 0 Å². The maximum Gasteiger partial charge on any atom is 0.212 e. The largest absolute Gasteiger partial charge is 0.384 e. The Morgan fingerprint density at radius 2 is 1.91 bits per heavy atom. The lowest BCUT2D eigenvalue weighted by Crippen LogP contribution is -2.23. The van der Waals surface area contributed by atoms with Crippen LogP contribution in [0.3, 0.4) is 0 Å². The van der Waals surface area contributed by atoms with E-state index in [1.54, 1.807) is 12.1 Å². The predicted octanol–water partition coefficient (Wildman–Crippen LogP) is 2.67. The molecule has 8 heteroatoms. The topological polar surface area (TPSA) is 114 Å². The van der Waals surface area contributed by atoms with E-state index in [0.717, 1.165) is 10.2 Å². The Balaban J connectivity index is 2.08. The second-order valence-corrected chi connectivity index (χ2v) is 5.80. The monoisotopic (exact) mass is 330 g/mol. The van der Waals surface area contributed by atoms with Gasteiger partial charge in [-0.05, 0) is 24.3 Å². The van der Waals surface area contributed by atoms with E-state index in [2.05, 4.69) is 15.0 Å². The van der Waals surface area contributed by atoms with Crippen molar-refractivity contribution in [1.29, 1.82) is 5.41 Å². The van der Waals surface area contributed by atoms with Crippen LogP contribution in [0.25, 0.3) is 10.2 Å². The molecule has 2 heterocycles. The minimum absolute atomic E-state index is 0.117. The summed E-state index contributed by atoms with van der Waals surface area (Å²) in [6.07, 6.45) is 0. The number of nitrogens with zero attached hydrogens (tertiary/aromatic N) is 3. The lowest BCUT2D eigenvalue weighted by atomic mass is 10.1. The minimum Gasteiger partial charge on any atom is -0.384 e. The summed E-state index contributed by atoms with van der Waals surface area (Å²) in [7, 11) is 0. The molecule has 3 aromatic rings. The number of amidine groups is 2. The normalized spacial score (nSPS) is 11.8. The van der Waals surface area contributed by atoms with Gasteiger partial charge >= 0.3 is 0 Å². The highest BCUT2D eigenvalue weighted by atomic mass is 35.5. The zero-order valence-corrected chi connectivity index (χ0v) is 12.8. The van der Waals surface area contributed by atoms with E-state index >= 15 is 0 Å². The second kappa shape index (κ2) is 5.70. The maximum absolute atomic E-state index is 7.58. The number of nitrogen functional groups attached to an aromatic ring is 1.